The van der Waals surface area contributed by atoms with Crippen molar-refractivity contribution in [3.8, 4) is 0 Å². The summed E-state index contributed by atoms with van der Waals surface area (Å²) in [6.45, 7) is 0. The Kier molecular flexibility index (Phi) is 1.92. The van der Waals surface area contributed by atoms with Gasteiger partial charge in [0.15, 0.2) is 0 Å². The molecule has 2 nitrogen and oxygen atoms in total. The van der Waals surface area contributed by atoms with E-state index in [4.69, 9.17) is 11.6 Å². The molecule has 0 aliphatic carbocycles. The van der Waals surface area contributed by atoms with Gasteiger partial charge in [-0.15, -0.1) is 0 Å². The van der Waals surface area contributed by atoms with Crippen LogP contribution in [0.5, 0.6) is 0 Å². The van der Waals surface area contributed by atoms with Gasteiger partial charge < -0.3 is 4.98 Å². The molecule has 0 aliphatic heterocycles. The highest BCUT2D eigenvalue weighted by Crippen LogP contribution is 2.38. The number of nitrogens with one attached hydrogen (secondary N) is 1. The summed E-state index contributed by atoms with van der Waals surface area (Å²) in [6, 6.07) is 2.66. The molecule has 0 atom stereocenters. The van der Waals surface area contributed by atoms with Gasteiger partial charge in [-0.25, -0.2) is 4.98 Å². The molecular formula is C8H4ClF3N2. The largest absolute Gasteiger partial charge is 0.420 e. The van der Waals surface area contributed by atoms with E-state index in [9.17, 15) is 13.2 Å². The first kappa shape index (κ1) is 9.33. The number of hydrogen-bond acceptors (Lipinski definition) is 1. The molecule has 0 bridgehead atoms. The van der Waals surface area contributed by atoms with Crippen LogP contribution in [0.25, 0.3) is 11.0 Å². The number of nitrogens with zero attached hydrogens (tertiary/aromatic N) is 1. The number of imidazole rings is 1. The number of aromatic amines is 1. The van der Waals surface area contributed by atoms with Gasteiger partial charge in [0.1, 0.15) is 11.1 Å². The summed E-state index contributed by atoms with van der Waals surface area (Å²) in [5.41, 5.74) is -0.718. The van der Waals surface area contributed by atoms with E-state index in [1.165, 1.54) is 18.5 Å². The van der Waals surface area contributed by atoms with E-state index in [-0.39, 0.29) is 10.5 Å². The third-order valence-corrected chi connectivity index (χ3v) is 2.14. The Morgan fingerprint density at radius 3 is 2.64 bits per heavy atom. The first-order chi connectivity index (χ1) is 6.50. The molecule has 1 N–H and O–H groups in total. The third-order valence-electron chi connectivity index (χ3n) is 1.82. The minimum atomic E-state index is -4.48. The molecule has 1 aromatic carbocycles. The van der Waals surface area contributed by atoms with Crippen molar-refractivity contribution in [2.24, 2.45) is 0 Å². The molecule has 0 fully saturated rings. The van der Waals surface area contributed by atoms with E-state index in [0.717, 1.165) is 0 Å². The zero-order valence-corrected chi connectivity index (χ0v) is 7.45. The van der Waals surface area contributed by atoms with Gasteiger partial charge in [-0.3, -0.25) is 0 Å². The summed E-state index contributed by atoms with van der Waals surface area (Å²) in [4.78, 5) is 6.18. The molecule has 0 aliphatic rings. The van der Waals surface area contributed by atoms with Gasteiger partial charge in [-0.1, -0.05) is 11.6 Å². The maximum Gasteiger partial charge on any atom is 0.420 e. The molecule has 0 saturated carbocycles. The van der Waals surface area contributed by atoms with E-state index in [2.05, 4.69) is 9.97 Å². The molecule has 1 aromatic heterocycles. The van der Waals surface area contributed by atoms with Crippen LogP contribution in [0.4, 0.5) is 13.2 Å². The fourth-order valence-electron chi connectivity index (χ4n) is 1.25. The van der Waals surface area contributed by atoms with Gasteiger partial charge in [0.25, 0.3) is 0 Å². The number of alkyl halides is 3. The zero-order chi connectivity index (χ0) is 10.3. The lowest BCUT2D eigenvalue weighted by Gasteiger charge is -2.08. The average Bonchev–Trinajstić information content (AvgIpc) is 2.48. The van der Waals surface area contributed by atoms with E-state index in [1.54, 1.807) is 0 Å². The fourth-order valence-corrected chi connectivity index (χ4v) is 1.51. The third kappa shape index (κ3) is 1.33. The Labute approximate surface area is 81.7 Å². The molecular weight excluding hydrogens is 217 g/mol. The van der Waals surface area contributed by atoms with E-state index < -0.39 is 11.7 Å². The van der Waals surface area contributed by atoms with Crippen LogP contribution in [0.1, 0.15) is 5.56 Å². The summed E-state index contributed by atoms with van der Waals surface area (Å²) in [5.74, 6) is 0. The molecule has 14 heavy (non-hydrogen) atoms. The number of halogens is 4. The lowest BCUT2D eigenvalue weighted by Crippen LogP contribution is -2.06. The quantitative estimate of drug-likeness (QED) is 0.726. The minimum absolute atomic E-state index is 0.148. The minimum Gasteiger partial charge on any atom is -0.345 e. The summed E-state index contributed by atoms with van der Waals surface area (Å²) in [7, 11) is 0. The maximum atomic E-state index is 12.5. The molecule has 2 rings (SSSR count). The second-order valence-electron chi connectivity index (χ2n) is 2.72. The SMILES string of the molecule is FC(F)(F)c1c(Cl)ccc2[nH]cnc12. The van der Waals surface area contributed by atoms with Crippen LogP contribution in [0.3, 0.4) is 0 Å². The second kappa shape index (κ2) is 2.88. The number of rotatable bonds is 0. The fraction of sp³-hybridized carbons (Fsp3) is 0.125. The molecule has 0 saturated heterocycles. The molecule has 2 aromatic rings. The van der Waals surface area contributed by atoms with Crippen molar-refractivity contribution < 1.29 is 13.2 Å². The van der Waals surface area contributed by atoms with Crippen LogP contribution in [-0.2, 0) is 6.18 Å². The average molecular weight is 221 g/mol. The predicted molar refractivity (Wildman–Crippen MR) is 46.1 cm³/mol. The Bertz CT molecular complexity index is 475. The normalized spacial score (nSPS) is 12.3. The molecule has 0 amide bonds. The van der Waals surface area contributed by atoms with Crippen LogP contribution in [0.15, 0.2) is 18.5 Å². The number of H-pyrrole nitrogens is 1. The van der Waals surface area contributed by atoms with Crippen molar-refractivity contribution in [1.29, 1.82) is 0 Å². The molecule has 6 heteroatoms. The Morgan fingerprint density at radius 2 is 2.00 bits per heavy atom. The van der Waals surface area contributed by atoms with Crippen molar-refractivity contribution in [2.45, 2.75) is 6.18 Å². The number of benzene rings is 1. The Morgan fingerprint density at radius 1 is 1.29 bits per heavy atom. The van der Waals surface area contributed by atoms with Gasteiger partial charge in [-0.05, 0) is 12.1 Å². The number of aromatic nitrogens is 2. The van der Waals surface area contributed by atoms with Gasteiger partial charge in [0.2, 0.25) is 0 Å². The molecule has 1 heterocycles. The first-order valence-corrected chi connectivity index (χ1v) is 4.07. The maximum absolute atomic E-state index is 12.5. The Hall–Kier alpha value is -1.23. The van der Waals surface area contributed by atoms with Crippen molar-refractivity contribution in [1.82, 2.24) is 9.97 Å². The summed E-state index contributed by atoms with van der Waals surface area (Å²) in [6.07, 6.45) is -3.28. The zero-order valence-electron chi connectivity index (χ0n) is 6.69. The first-order valence-electron chi connectivity index (χ1n) is 3.69. The summed E-state index contributed by atoms with van der Waals surface area (Å²) < 4.78 is 37.6. The van der Waals surface area contributed by atoms with Crippen LogP contribution < -0.4 is 0 Å². The van der Waals surface area contributed by atoms with Crippen LogP contribution in [0, 0.1) is 0 Å². The van der Waals surface area contributed by atoms with Gasteiger partial charge in [0.05, 0.1) is 16.9 Å². The van der Waals surface area contributed by atoms with Crippen LogP contribution in [-0.4, -0.2) is 9.97 Å². The summed E-state index contributed by atoms with van der Waals surface area (Å²) >= 11 is 5.47. The van der Waals surface area contributed by atoms with Gasteiger partial charge in [-0.2, -0.15) is 13.2 Å². The topological polar surface area (TPSA) is 28.7 Å². The number of fused-ring (bicyclic) bond motifs is 1. The van der Waals surface area contributed by atoms with Gasteiger partial charge in [0, 0.05) is 0 Å². The van der Waals surface area contributed by atoms with Gasteiger partial charge >= 0.3 is 6.18 Å². The van der Waals surface area contributed by atoms with Crippen molar-refractivity contribution in [2.75, 3.05) is 0 Å². The van der Waals surface area contributed by atoms with E-state index in [0.29, 0.717) is 5.52 Å². The highest BCUT2D eigenvalue weighted by molar-refractivity contribution is 6.32. The van der Waals surface area contributed by atoms with E-state index in [1.807, 2.05) is 0 Å². The van der Waals surface area contributed by atoms with Crippen LogP contribution in [0.2, 0.25) is 5.02 Å². The lowest BCUT2D eigenvalue weighted by molar-refractivity contribution is -0.136. The van der Waals surface area contributed by atoms with Crippen molar-refractivity contribution in [3.63, 3.8) is 0 Å². The summed E-state index contributed by atoms with van der Waals surface area (Å²) in [5, 5.41) is -0.336. The van der Waals surface area contributed by atoms with Crippen molar-refractivity contribution >= 4 is 22.6 Å². The molecule has 74 valence electrons. The molecule has 0 radical (unpaired) electrons. The molecule has 0 spiro atoms. The van der Waals surface area contributed by atoms with E-state index >= 15 is 0 Å². The van der Waals surface area contributed by atoms with Crippen molar-refractivity contribution in [3.05, 3.63) is 29.0 Å². The Balaban J connectivity index is 2.83. The standard InChI is InChI=1S/C8H4ClF3N2/c9-4-1-2-5-7(14-3-13-5)6(4)8(10,11)12/h1-3H,(H,13,14). The number of hydrogen-bond donors (Lipinski definition) is 1. The highest BCUT2D eigenvalue weighted by Gasteiger charge is 2.36. The molecule has 0 unspecified atom stereocenters. The monoisotopic (exact) mass is 220 g/mol. The lowest BCUT2D eigenvalue weighted by atomic mass is 10.2. The predicted octanol–water partition coefficient (Wildman–Crippen LogP) is 3.24. The smallest absolute Gasteiger partial charge is 0.345 e. The highest BCUT2D eigenvalue weighted by atomic mass is 35.5. The second-order valence-corrected chi connectivity index (χ2v) is 3.13. The van der Waals surface area contributed by atoms with Crippen LogP contribution >= 0.6 is 11.6 Å².